The van der Waals surface area contributed by atoms with Crippen LogP contribution >= 0.6 is 0 Å². The lowest BCUT2D eigenvalue weighted by atomic mass is 10.0. The zero-order chi connectivity index (χ0) is 19.8. The molecule has 0 spiro atoms. The van der Waals surface area contributed by atoms with Crippen LogP contribution in [0, 0.1) is 5.92 Å². The normalized spacial score (nSPS) is 18.1. The summed E-state index contributed by atoms with van der Waals surface area (Å²) in [5.41, 5.74) is 2.71. The Balaban J connectivity index is 1.90. The lowest BCUT2D eigenvalue weighted by Gasteiger charge is -2.22. The molecule has 1 aromatic rings. The highest BCUT2D eigenvalue weighted by Gasteiger charge is 2.28. The second kappa shape index (κ2) is 10.1. The zero-order valence-corrected chi connectivity index (χ0v) is 16.6. The van der Waals surface area contributed by atoms with Gasteiger partial charge in [0.05, 0.1) is 11.6 Å². The van der Waals surface area contributed by atoms with Gasteiger partial charge >= 0.3 is 5.97 Å². The molecule has 1 saturated heterocycles. The first-order valence-corrected chi connectivity index (χ1v) is 9.82. The number of carbonyl (C=O) groups excluding carboxylic acids is 1. The number of allylic oxidation sites excluding steroid dienone is 3. The second-order valence-electron chi connectivity index (χ2n) is 7.78. The van der Waals surface area contributed by atoms with E-state index in [1.54, 1.807) is 12.1 Å². The highest BCUT2D eigenvalue weighted by atomic mass is 16.4. The average molecular weight is 370 g/mol. The van der Waals surface area contributed by atoms with E-state index in [1.807, 2.05) is 17.0 Å². The summed E-state index contributed by atoms with van der Waals surface area (Å²) in [6.45, 7) is 7.29. The van der Waals surface area contributed by atoms with Gasteiger partial charge in [0.1, 0.15) is 0 Å². The van der Waals surface area contributed by atoms with Crippen molar-refractivity contribution >= 4 is 11.9 Å². The first-order chi connectivity index (χ1) is 12.9. The second-order valence-corrected chi connectivity index (χ2v) is 7.78. The Labute approximate surface area is 162 Å². The van der Waals surface area contributed by atoms with Crippen LogP contribution in [0.4, 0.5) is 0 Å². The van der Waals surface area contributed by atoms with Gasteiger partial charge in [0, 0.05) is 13.0 Å². The molecule has 1 atom stereocenters. The van der Waals surface area contributed by atoms with Crippen molar-refractivity contribution < 1.29 is 14.7 Å². The molecule has 1 fully saturated rings. The van der Waals surface area contributed by atoms with Gasteiger partial charge in [-0.1, -0.05) is 49.8 Å². The molecule has 0 aromatic heterocycles. The van der Waals surface area contributed by atoms with E-state index in [-0.39, 0.29) is 17.5 Å². The third-order valence-corrected chi connectivity index (χ3v) is 5.05. The van der Waals surface area contributed by atoms with Crippen molar-refractivity contribution in [3.8, 4) is 0 Å². The number of hydrogen-bond acceptors (Lipinski definition) is 2. The smallest absolute Gasteiger partial charge is 0.335 e. The number of aromatic carboxylic acids is 1. The van der Waals surface area contributed by atoms with Gasteiger partial charge in [-0.15, -0.1) is 0 Å². The van der Waals surface area contributed by atoms with Gasteiger partial charge < -0.3 is 10.0 Å². The summed E-state index contributed by atoms with van der Waals surface area (Å²) in [6.07, 6.45) is 10.9. The molecule has 27 heavy (non-hydrogen) atoms. The van der Waals surface area contributed by atoms with E-state index in [2.05, 4.69) is 39.0 Å². The molecule has 1 N–H and O–H groups in total. The molecule has 1 heterocycles. The number of nitrogens with zero attached hydrogens (tertiary/aromatic N) is 1. The Kier molecular flexibility index (Phi) is 7.83. The Morgan fingerprint density at radius 1 is 1.30 bits per heavy atom. The maximum absolute atomic E-state index is 12.2. The number of hydrogen-bond donors (Lipinski definition) is 1. The molecule has 2 rings (SSSR count). The standard InChI is InChI=1S/C23H31NO3/c1-17(2)7-8-18(3)5-4-6-21-13-14-22(25)24(21)16-15-19-9-11-20(12-10-19)23(26)27/h4-6,9-12,17,21H,7-8,13-16H2,1-3H3,(H,26,27). The van der Waals surface area contributed by atoms with E-state index in [4.69, 9.17) is 5.11 Å². The van der Waals surface area contributed by atoms with Crippen molar-refractivity contribution in [2.45, 2.75) is 58.9 Å². The highest BCUT2D eigenvalue weighted by molar-refractivity contribution is 5.87. The highest BCUT2D eigenvalue weighted by Crippen LogP contribution is 2.21. The fraction of sp³-hybridized carbons (Fsp3) is 0.478. The van der Waals surface area contributed by atoms with Crippen molar-refractivity contribution in [2.24, 2.45) is 5.92 Å². The van der Waals surface area contributed by atoms with Crippen molar-refractivity contribution in [1.29, 1.82) is 0 Å². The van der Waals surface area contributed by atoms with E-state index in [1.165, 1.54) is 12.0 Å². The maximum atomic E-state index is 12.2. The van der Waals surface area contributed by atoms with Crippen LogP contribution in [-0.4, -0.2) is 34.5 Å². The van der Waals surface area contributed by atoms with Crippen LogP contribution in [0.25, 0.3) is 0 Å². The lowest BCUT2D eigenvalue weighted by Crippen LogP contribution is -2.33. The van der Waals surface area contributed by atoms with Crippen molar-refractivity contribution in [2.75, 3.05) is 6.54 Å². The molecule has 4 heteroatoms. The number of likely N-dealkylation sites (tertiary alicyclic amines) is 1. The summed E-state index contributed by atoms with van der Waals surface area (Å²) >= 11 is 0. The molecule has 1 aliphatic rings. The number of carboxylic acid groups (broad SMARTS) is 1. The molecule has 0 radical (unpaired) electrons. The number of rotatable bonds is 9. The van der Waals surface area contributed by atoms with Gasteiger partial charge in [-0.05, 0) is 56.2 Å². The van der Waals surface area contributed by atoms with E-state index in [0.29, 0.717) is 18.9 Å². The van der Waals surface area contributed by atoms with Crippen molar-refractivity contribution in [3.05, 3.63) is 59.2 Å². The Morgan fingerprint density at radius 2 is 2.00 bits per heavy atom. The predicted octanol–water partition coefficient (Wildman–Crippen LogP) is 4.86. The van der Waals surface area contributed by atoms with Crippen LogP contribution in [-0.2, 0) is 11.2 Å². The van der Waals surface area contributed by atoms with E-state index >= 15 is 0 Å². The summed E-state index contributed by atoms with van der Waals surface area (Å²) < 4.78 is 0. The molecule has 4 nitrogen and oxygen atoms in total. The van der Waals surface area contributed by atoms with Crippen LogP contribution in [0.15, 0.2) is 48.1 Å². The van der Waals surface area contributed by atoms with Crippen LogP contribution in [0.1, 0.15) is 62.4 Å². The Morgan fingerprint density at radius 3 is 2.63 bits per heavy atom. The van der Waals surface area contributed by atoms with Gasteiger partial charge in [0.2, 0.25) is 5.91 Å². The summed E-state index contributed by atoms with van der Waals surface area (Å²) in [5, 5.41) is 8.96. The minimum atomic E-state index is -0.918. The lowest BCUT2D eigenvalue weighted by molar-refractivity contribution is -0.128. The van der Waals surface area contributed by atoms with Gasteiger partial charge in [-0.2, -0.15) is 0 Å². The molecule has 1 aliphatic heterocycles. The molecule has 1 unspecified atom stereocenters. The van der Waals surface area contributed by atoms with E-state index in [0.717, 1.165) is 24.8 Å². The van der Waals surface area contributed by atoms with Crippen LogP contribution < -0.4 is 0 Å². The molecule has 0 saturated carbocycles. The molecule has 0 aliphatic carbocycles. The van der Waals surface area contributed by atoms with Crippen LogP contribution in [0.2, 0.25) is 0 Å². The third-order valence-electron chi connectivity index (χ3n) is 5.05. The topological polar surface area (TPSA) is 57.6 Å². The zero-order valence-electron chi connectivity index (χ0n) is 16.6. The number of benzene rings is 1. The van der Waals surface area contributed by atoms with Gasteiger partial charge in [-0.3, -0.25) is 4.79 Å². The van der Waals surface area contributed by atoms with Crippen LogP contribution in [0.5, 0.6) is 0 Å². The Bertz CT molecular complexity index is 701. The summed E-state index contributed by atoms with van der Waals surface area (Å²) in [5.74, 6) is -0.00429. The minimum absolute atomic E-state index is 0.157. The molecular weight excluding hydrogens is 338 g/mol. The molecule has 0 bridgehead atoms. The summed E-state index contributed by atoms with van der Waals surface area (Å²) in [4.78, 5) is 25.1. The monoisotopic (exact) mass is 369 g/mol. The average Bonchev–Trinajstić information content (AvgIpc) is 2.98. The predicted molar refractivity (Wildman–Crippen MR) is 109 cm³/mol. The minimum Gasteiger partial charge on any atom is -0.478 e. The van der Waals surface area contributed by atoms with E-state index in [9.17, 15) is 9.59 Å². The molecule has 1 aromatic carbocycles. The first-order valence-electron chi connectivity index (χ1n) is 9.82. The van der Waals surface area contributed by atoms with Gasteiger partial charge in [0.25, 0.3) is 0 Å². The fourth-order valence-corrected chi connectivity index (χ4v) is 3.26. The number of amides is 1. The first kappa shape index (κ1) is 20.9. The number of carbonyl (C=O) groups is 2. The largest absolute Gasteiger partial charge is 0.478 e. The van der Waals surface area contributed by atoms with Crippen LogP contribution in [0.3, 0.4) is 0 Å². The van der Waals surface area contributed by atoms with Gasteiger partial charge in [0.15, 0.2) is 0 Å². The quantitative estimate of drug-likeness (QED) is 0.633. The fourth-order valence-electron chi connectivity index (χ4n) is 3.26. The molecule has 146 valence electrons. The summed E-state index contributed by atoms with van der Waals surface area (Å²) in [7, 11) is 0. The van der Waals surface area contributed by atoms with E-state index < -0.39 is 5.97 Å². The summed E-state index contributed by atoms with van der Waals surface area (Å²) in [6, 6.07) is 7.05. The number of carboxylic acids is 1. The third kappa shape index (κ3) is 6.70. The molecular formula is C23H31NO3. The molecule has 1 amide bonds. The Hall–Kier alpha value is -2.36. The van der Waals surface area contributed by atoms with Crippen molar-refractivity contribution in [1.82, 2.24) is 4.90 Å². The van der Waals surface area contributed by atoms with Crippen molar-refractivity contribution in [3.63, 3.8) is 0 Å². The maximum Gasteiger partial charge on any atom is 0.335 e. The SMILES string of the molecule is CC(=CC=CC1CCC(=O)N1CCc1ccc(C(=O)O)cc1)CCC(C)C. The van der Waals surface area contributed by atoms with Gasteiger partial charge in [-0.25, -0.2) is 4.79 Å².